The molecule has 2 aromatic rings. The number of aliphatic carboxylic acids is 1. The van der Waals surface area contributed by atoms with Gasteiger partial charge in [-0.2, -0.15) is 38.1 Å². The quantitative estimate of drug-likeness (QED) is 0.250. The lowest BCUT2D eigenvalue weighted by molar-refractivity contribution is -0.152. The highest BCUT2D eigenvalue weighted by molar-refractivity contribution is 8.00. The summed E-state index contributed by atoms with van der Waals surface area (Å²) in [5.41, 5.74) is 7.44. The summed E-state index contributed by atoms with van der Waals surface area (Å²) in [5.74, 6) is -8.83. The van der Waals surface area contributed by atoms with Crippen molar-refractivity contribution in [3.05, 3.63) is 71.3 Å². The van der Waals surface area contributed by atoms with Crippen LogP contribution in [0.3, 0.4) is 0 Å². The van der Waals surface area contributed by atoms with Gasteiger partial charge in [-0.1, -0.05) is 54.6 Å². The Morgan fingerprint density at radius 3 is 2.11 bits per heavy atom. The predicted molar refractivity (Wildman–Crippen MR) is 155 cm³/mol. The number of carbonyl (C=O) groups excluding carboxylic acids is 3. The molecule has 45 heavy (non-hydrogen) atoms. The highest BCUT2D eigenvalue weighted by Crippen LogP contribution is 2.34. The number of nitrogens with one attached hydrogen (secondary N) is 1. The van der Waals surface area contributed by atoms with E-state index >= 15 is 0 Å². The van der Waals surface area contributed by atoms with E-state index in [1.807, 2.05) is 0 Å². The first-order valence-electron chi connectivity index (χ1n) is 13.8. The fraction of sp³-hybridized carbons (Fsp3) is 0.433. The molecule has 4 N–H and O–H groups in total. The Hall–Kier alpha value is -3.72. The van der Waals surface area contributed by atoms with Crippen molar-refractivity contribution in [1.29, 1.82) is 0 Å². The Labute approximate surface area is 258 Å². The number of hydrogen-bond acceptors (Lipinski definition) is 7. The zero-order chi connectivity index (χ0) is 33.4. The summed E-state index contributed by atoms with van der Waals surface area (Å²) in [6.45, 7) is 0. The summed E-state index contributed by atoms with van der Waals surface area (Å²) in [7, 11) is 0. The molecular formula is C30H31F6N3O5S. The van der Waals surface area contributed by atoms with Crippen molar-refractivity contribution in [2.24, 2.45) is 22.6 Å². The largest absolute Gasteiger partial charge is 0.480 e. The molecule has 244 valence electrons. The third-order valence-electron chi connectivity index (χ3n) is 7.10. The Morgan fingerprint density at radius 1 is 0.933 bits per heavy atom. The second kappa shape index (κ2) is 15.5. The molecule has 2 aromatic carbocycles. The maximum Gasteiger partial charge on any atom is 0.389 e. The van der Waals surface area contributed by atoms with E-state index in [2.05, 4.69) is 10.3 Å². The van der Waals surface area contributed by atoms with E-state index in [0.29, 0.717) is 34.2 Å². The number of halogens is 6. The van der Waals surface area contributed by atoms with Crippen LogP contribution in [0.4, 0.5) is 26.3 Å². The molecule has 0 spiro atoms. The normalized spacial score (nSPS) is 17.4. The van der Waals surface area contributed by atoms with Gasteiger partial charge in [-0.05, 0) is 18.4 Å². The van der Waals surface area contributed by atoms with Crippen molar-refractivity contribution in [2.45, 2.75) is 56.7 Å². The van der Waals surface area contributed by atoms with E-state index < -0.39 is 91.3 Å². The molecule has 4 atom stereocenters. The lowest BCUT2D eigenvalue weighted by Gasteiger charge is -2.27. The smallest absolute Gasteiger partial charge is 0.389 e. The molecule has 15 heteroatoms. The lowest BCUT2D eigenvalue weighted by Crippen LogP contribution is -2.46. The molecule has 0 radical (unpaired) electrons. The van der Waals surface area contributed by atoms with Crippen LogP contribution < -0.4 is 11.1 Å². The van der Waals surface area contributed by atoms with Crippen molar-refractivity contribution in [2.75, 3.05) is 11.5 Å². The average molecular weight is 660 g/mol. The van der Waals surface area contributed by atoms with E-state index in [1.165, 1.54) is 0 Å². The van der Waals surface area contributed by atoms with Crippen LogP contribution in [0.5, 0.6) is 0 Å². The average Bonchev–Trinajstić information content (AvgIpc) is 3.09. The minimum atomic E-state index is -4.81. The van der Waals surface area contributed by atoms with Crippen molar-refractivity contribution < 1.29 is 50.6 Å². The van der Waals surface area contributed by atoms with Gasteiger partial charge >= 0.3 is 18.3 Å². The highest BCUT2D eigenvalue weighted by Gasteiger charge is 2.41. The fourth-order valence-corrected chi connectivity index (χ4v) is 5.78. The summed E-state index contributed by atoms with van der Waals surface area (Å²) in [6.07, 6.45) is -16.6. The number of carboxylic acids is 1. The molecule has 0 aliphatic carbocycles. The summed E-state index contributed by atoms with van der Waals surface area (Å²) >= 11 is 0.675. The van der Waals surface area contributed by atoms with E-state index in [4.69, 9.17) is 10.8 Å². The number of nitrogens with zero attached hydrogens (tertiary/aromatic N) is 1. The lowest BCUT2D eigenvalue weighted by atomic mass is 9.81. The standard InChI is InChI=1S/C30H31F6N3O5S/c31-29(32,33)12-10-20(24(41)16-45-15-22(37)28(43)44)21(11-13-30(34,35)36)27(42)39-26-23(40)14-18-8-4-5-9-19(18)25(38-26)17-6-2-1-3-7-17/h1-9,20-22,26H,10-16,37H2,(H,39,42)(H,43,44)/t20-,21+,22-,26+/m0/s1. The van der Waals surface area contributed by atoms with Gasteiger partial charge in [0.25, 0.3) is 0 Å². The van der Waals surface area contributed by atoms with Gasteiger partial charge in [0.1, 0.15) is 11.8 Å². The molecule has 3 rings (SSSR count). The zero-order valence-electron chi connectivity index (χ0n) is 23.7. The minimum Gasteiger partial charge on any atom is -0.480 e. The van der Waals surface area contributed by atoms with Crippen LogP contribution in [-0.2, 0) is 25.6 Å². The van der Waals surface area contributed by atoms with Crippen molar-refractivity contribution in [3.63, 3.8) is 0 Å². The fourth-order valence-electron chi connectivity index (χ4n) is 4.85. The number of carboxylic acid groups (broad SMARTS) is 1. The van der Waals surface area contributed by atoms with E-state index in [-0.39, 0.29) is 12.2 Å². The van der Waals surface area contributed by atoms with Crippen LogP contribution in [0.25, 0.3) is 0 Å². The van der Waals surface area contributed by atoms with E-state index in [0.717, 1.165) is 0 Å². The monoisotopic (exact) mass is 659 g/mol. The van der Waals surface area contributed by atoms with Crippen molar-refractivity contribution >= 4 is 40.9 Å². The first-order valence-corrected chi connectivity index (χ1v) is 15.0. The molecule has 0 bridgehead atoms. The van der Waals surface area contributed by atoms with Crippen LogP contribution in [-0.4, -0.2) is 70.3 Å². The number of aliphatic imine (C=N–C) groups is 1. The van der Waals surface area contributed by atoms with Crippen LogP contribution in [0, 0.1) is 11.8 Å². The van der Waals surface area contributed by atoms with E-state index in [1.54, 1.807) is 54.6 Å². The second-order valence-electron chi connectivity index (χ2n) is 10.5. The first kappa shape index (κ1) is 35.8. The number of thioether (sulfide) groups is 1. The zero-order valence-corrected chi connectivity index (χ0v) is 24.6. The number of amides is 1. The molecule has 0 saturated heterocycles. The van der Waals surface area contributed by atoms with Crippen LogP contribution in [0.2, 0.25) is 0 Å². The molecule has 0 unspecified atom stereocenters. The molecule has 8 nitrogen and oxygen atoms in total. The SMILES string of the molecule is N[C@@H](CSCC(=O)[C@@H](CCC(F)(F)F)[C@@H](CCC(F)(F)F)C(=O)N[C@H]1N=C(c2ccccc2)c2ccccc2CC1=O)C(=O)O. The van der Waals surface area contributed by atoms with E-state index in [9.17, 15) is 45.5 Å². The van der Waals surface area contributed by atoms with Crippen LogP contribution >= 0.6 is 11.8 Å². The number of rotatable bonds is 14. The Kier molecular flexibility index (Phi) is 12.3. The maximum atomic E-state index is 13.6. The molecule has 1 aliphatic rings. The predicted octanol–water partition coefficient (Wildman–Crippen LogP) is 4.72. The number of benzene rings is 2. The van der Waals surface area contributed by atoms with Crippen molar-refractivity contribution in [1.82, 2.24) is 5.32 Å². The Bertz CT molecular complexity index is 1400. The molecule has 1 amide bonds. The topological polar surface area (TPSA) is 139 Å². The minimum absolute atomic E-state index is 0.203. The molecule has 1 aliphatic heterocycles. The summed E-state index contributed by atoms with van der Waals surface area (Å²) in [6, 6.07) is 14.0. The van der Waals surface area contributed by atoms with Crippen molar-refractivity contribution in [3.8, 4) is 0 Å². The van der Waals surface area contributed by atoms with Gasteiger partial charge in [0, 0.05) is 48.0 Å². The summed E-state index contributed by atoms with van der Waals surface area (Å²) < 4.78 is 79.6. The number of ketones is 2. The molecular weight excluding hydrogens is 628 g/mol. The Balaban J connectivity index is 1.96. The van der Waals surface area contributed by atoms with Crippen LogP contribution in [0.15, 0.2) is 59.6 Å². The first-order chi connectivity index (χ1) is 21.1. The number of alkyl halides is 6. The number of hydrogen-bond donors (Lipinski definition) is 3. The molecule has 0 aromatic heterocycles. The van der Waals surface area contributed by atoms with Gasteiger partial charge in [0.2, 0.25) is 5.91 Å². The molecule has 1 heterocycles. The number of carbonyl (C=O) groups is 4. The van der Waals surface area contributed by atoms with Gasteiger partial charge in [-0.3, -0.25) is 24.2 Å². The number of fused-ring (bicyclic) bond motifs is 1. The van der Waals surface area contributed by atoms with Gasteiger partial charge in [0.15, 0.2) is 11.9 Å². The Morgan fingerprint density at radius 2 is 1.51 bits per heavy atom. The van der Waals surface area contributed by atoms with Gasteiger partial charge in [0.05, 0.1) is 11.5 Å². The third kappa shape index (κ3) is 11.0. The maximum absolute atomic E-state index is 13.6. The summed E-state index contributed by atoms with van der Waals surface area (Å²) in [5, 5.41) is 11.3. The van der Waals surface area contributed by atoms with Gasteiger partial charge < -0.3 is 16.2 Å². The number of Topliss-reactive ketones (excluding diaryl/α,β-unsaturated/α-hetero) is 2. The molecule has 0 fully saturated rings. The second-order valence-corrected chi connectivity index (χ2v) is 11.5. The molecule has 0 saturated carbocycles. The van der Waals surface area contributed by atoms with Gasteiger partial charge in [-0.25, -0.2) is 0 Å². The van der Waals surface area contributed by atoms with Gasteiger partial charge in [-0.15, -0.1) is 0 Å². The summed E-state index contributed by atoms with van der Waals surface area (Å²) in [4.78, 5) is 55.5. The van der Waals surface area contributed by atoms with Crippen LogP contribution in [0.1, 0.15) is 42.4 Å². The third-order valence-corrected chi connectivity index (χ3v) is 8.18. The number of nitrogens with two attached hydrogens (primary N) is 1. The highest BCUT2D eigenvalue weighted by atomic mass is 32.2.